The molecule has 0 radical (unpaired) electrons. The van der Waals surface area contributed by atoms with Gasteiger partial charge in [-0.1, -0.05) is 17.7 Å². The van der Waals surface area contributed by atoms with E-state index in [-0.39, 0.29) is 6.61 Å². The summed E-state index contributed by atoms with van der Waals surface area (Å²) in [7, 11) is 3.05. The first-order valence-electron chi connectivity index (χ1n) is 6.26. The van der Waals surface area contributed by atoms with Crippen LogP contribution in [0.5, 0.6) is 0 Å². The maximum atomic E-state index is 12.1. The van der Waals surface area contributed by atoms with Crippen LogP contribution in [-0.2, 0) is 18.9 Å². The summed E-state index contributed by atoms with van der Waals surface area (Å²) < 4.78 is 21.6. The summed E-state index contributed by atoms with van der Waals surface area (Å²) in [6.07, 6.45) is -0.134. The minimum Gasteiger partial charge on any atom is -0.451 e. The van der Waals surface area contributed by atoms with E-state index in [1.807, 2.05) is 0 Å². The molecule has 1 unspecified atom stereocenters. The number of carbonyl (C=O) groups is 1. The third-order valence-electron chi connectivity index (χ3n) is 3.36. The van der Waals surface area contributed by atoms with E-state index in [4.69, 9.17) is 30.5 Å². The lowest BCUT2D eigenvalue weighted by Gasteiger charge is -2.40. The SMILES string of the molecule is COC1(OC)CCOCC1OC(=O)c1cccc(Cl)c1. The summed E-state index contributed by atoms with van der Waals surface area (Å²) in [6, 6.07) is 6.57. The Morgan fingerprint density at radius 3 is 2.80 bits per heavy atom. The van der Waals surface area contributed by atoms with Crippen LogP contribution in [0.15, 0.2) is 24.3 Å². The Kier molecular flexibility index (Phi) is 4.99. The highest BCUT2D eigenvalue weighted by Gasteiger charge is 2.45. The standard InChI is InChI=1S/C14H17ClO5/c1-17-14(18-2)6-7-19-9-12(14)20-13(16)10-4-3-5-11(15)8-10/h3-5,8,12H,6-7,9H2,1-2H3. The van der Waals surface area contributed by atoms with Crippen LogP contribution >= 0.6 is 11.6 Å². The summed E-state index contributed by atoms with van der Waals surface area (Å²) in [5, 5.41) is 0.476. The summed E-state index contributed by atoms with van der Waals surface area (Å²) in [6.45, 7) is 0.723. The summed E-state index contributed by atoms with van der Waals surface area (Å²) in [4.78, 5) is 12.1. The molecular formula is C14H17ClO5. The number of hydrogen-bond acceptors (Lipinski definition) is 5. The van der Waals surface area contributed by atoms with Gasteiger partial charge in [-0.15, -0.1) is 0 Å². The van der Waals surface area contributed by atoms with Gasteiger partial charge in [0.05, 0.1) is 18.8 Å². The van der Waals surface area contributed by atoms with Crippen molar-refractivity contribution in [3.05, 3.63) is 34.9 Å². The molecule has 1 aromatic carbocycles. The molecule has 1 saturated heterocycles. The monoisotopic (exact) mass is 300 g/mol. The number of esters is 1. The van der Waals surface area contributed by atoms with Crippen LogP contribution in [0.3, 0.4) is 0 Å². The Bertz CT molecular complexity index is 472. The maximum Gasteiger partial charge on any atom is 0.338 e. The molecule has 1 atom stereocenters. The molecule has 2 rings (SSSR count). The van der Waals surface area contributed by atoms with Crippen LogP contribution < -0.4 is 0 Å². The lowest BCUT2D eigenvalue weighted by molar-refractivity contribution is -0.291. The highest BCUT2D eigenvalue weighted by Crippen LogP contribution is 2.28. The molecule has 6 heteroatoms. The van der Waals surface area contributed by atoms with Crippen molar-refractivity contribution < 1.29 is 23.7 Å². The molecule has 1 aliphatic rings. The van der Waals surface area contributed by atoms with Gasteiger partial charge >= 0.3 is 5.97 Å². The van der Waals surface area contributed by atoms with Gasteiger partial charge in [-0.05, 0) is 18.2 Å². The Balaban J connectivity index is 2.13. The molecule has 0 amide bonds. The molecular weight excluding hydrogens is 284 g/mol. The van der Waals surface area contributed by atoms with Crippen LogP contribution in [0.25, 0.3) is 0 Å². The number of rotatable bonds is 4. The van der Waals surface area contributed by atoms with Gasteiger partial charge in [0.15, 0.2) is 6.10 Å². The fourth-order valence-electron chi connectivity index (χ4n) is 2.18. The van der Waals surface area contributed by atoms with Crippen LogP contribution in [-0.4, -0.2) is 45.3 Å². The highest BCUT2D eigenvalue weighted by molar-refractivity contribution is 6.30. The van der Waals surface area contributed by atoms with Crippen molar-refractivity contribution in [3.8, 4) is 0 Å². The van der Waals surface area contributed by atoms with E-state index in [0.29, 0.717) is 23.6 Å². The largest absolute Gasteiger partial charge is 0.451 e. The first kappa shape index (κ1) is 15.3. The van der Waals surface area contributed by atoms with Crippen molar-refractivity contribution in [2.24, 2.45) is 0 Å². The third-order valence-corrected chi connectivity index (χ3v) is 3.59. The highest BCUT2D eigenvalue weighted by atomic mass is 35.5. The fraction of sp³-hybridized carbons (Fsp3) is 0.500. The molecule has 0 aromatic heterocycles. The topological polar surface area (TPSA) is 54.0 Å². The van der Waals surface area contributed by atoms with Crippen LogP contribution in [0.1, 0.15) is 16.8 Å². The Hall–Kier alpha value is -1.14. The van der Waals surface area contributed by atoms with E-state index >= 15 is 0 Å². The molecule has 1 heterocycles. The Morgan fingerprint density at radius 2 is 2.15 bits per heavy atom. The molecule has 110 valence electrons. The second-order valence-electron chi connectivity index (χ2n) is 4.45. The number of halogens is 1. The average Bonchev–Trinajstić information content (AvgIpc) is 2.48. The Labute approximate surface area is 122 Å². The van der Waals surface area contributed by atoms with Gasteiger partial charge in [-0.25, -0.2) is 4.79 Å². The smallest absolute Gasteiger partial charge is 0.338 e. The van der Waals surface area contributed by atoms with E-state index in [2.05, 4.69) is 0 Å². The van der Waals surface area contributed by atoms with Crippen molar-refractivity contribution in [2.75, 3.05) is 27.4 Å². The van der Waals surface area contributed by atoms with Crippen molar-refractivity contribution in [3.63, 3.8) is 0 Å². The number of benzene rings is 1. The van der Waals surface area contributed by atoms with Crippen LogP contribution in [0.4, 0.5) is 0 Å². The van der Waals surface area contributed by atoms with E-state index in [9.17, 15) is 4.79 Å². The average molecular weight is 301 g/mol. The quantitative estimate of drug-likeness (QED) is 0.631. The van der Waals surface area contributed by atoms with Crippen molar-refractivity contribution >= 4 is 17.6 Å². The van der Waals surface area contributed by atoms with Gasteiger partial charge in [0, 0.05) is 25.7 Å². The summed E-state index contributed by atoms with van der Waals surface area (Å²) in [5.41, 5.74) is 0.379. The molecule has 5 nitrogen and oxygen atoms in total. The summed E-state index contributed by atoms with van der Waals surface area (Å²) >= 11 is 5.86. The zero-order valence-corrected chi connectivity index (χ0v) is 12.2. The van der Waals surface area contributed by atoms with Gasteiger partial charge in [-0.3, -0.25) is 0 Å². The molecule has 0 aliphatic carbocycles. The number of hydrogen-bond donors (Lipinski definition) is 0. The molecule has 0 spiro atoms. The number of methoxy groups -OCH3 is 2. The summed E-state index contributed by atoms with van der Waals surface area (Å²) in [5.74, 6) is -1.45. The van der Waals surface area contributed by atoms with Crippen molar-refractivity contribution in [1.29, 1.82) is 0 Å². The molecule has 20 heavy (non-hydrogen) atoms. The zero-order valence-electron chi connectivity index (χ0n) is 11.4. The predicted molar refractivity (Wildman–Crippen MR) is 72.8 cm³/mol. The molecule has 1 aliphatic heterocycles. The normalized spacial score (nSPS) is 21.4. The van der Waals surface area contributed by atoms with Gasteiger partial charge in [0.25, 0.3) is 0 Å². The molecule has 0 bridgehead atoms. The number of ether oxygens (including phenoxy) is 4. The van der Waals surface area contributed by atoms with Gasteiger partial charge in [0.2, 0.25) is 5.79 Å². The Morgan fingerprint density at radius 1 is 1.40 bits per heavy atom. The molecule has 0 saturated carbocycles. The van der Waals surface area contributed by atoms with Gasteiger partial charge in [0.1, 0.15) is 0 Å². The first-order chi connectivity index (χ1) is 9.61. The van der Waals surface area contributed by atoms with Crippen LogP contribution in [0, 0.1) is 0 Å². The minimum absolute atomic E-state index is 0.230. The van der Waals surface area contributed by atoms with Gasteiger partial charge < -0.3 is 18.9 Å². The van der Waals surface area contributed by atoms with Crippen molar-refractivity contribution in [2.45, 2.75) is 18.3 Å². The van der Waals surface area contributed by atoms with E-state index in [1.165, 1.54) is 14.2 Å². The molecule has 1 aromatic rings. The molecule has 0 N–H and O–H groups in total. The predicted octanol–water partition coefficient (Wildman–Crippen LogP) is 2.27. The lowest BCUT2D eigenvalue weighted by atomic mass is 10.0. The van der Waals surface area contributed by atoms with E-state index in [1.54, 1.807) is 24.3 Å². The number of carbonyl (C=O) groups excluding carboxylic acids is 1. The lowest BCUT2D eigenvalue weighted by Crippen LogP contribution is -2.54. The van der Waals surface area contributed by atoms with Crippen LogP contribution in [0.2, 0.25) is 5.02 Å². The third kappa shape index (κ3) is 3.12. The second-order valence-corrected chi connectivity index (χ2v) is 4.89. The van der Waals surface area contributed by atoms with E-state index in [0.717, 1.165) is 0 Å². The maximum absolute atomic E-state index is 12.1. The fourth-order valence-corrected chi connectivity index (χ4v) is 2.37. The first-order valence-corrected chi connectivity index (χ1v) is 6.63. The minimum atomic E-state index is -0.966. The zero-order chi connectivity index (χ0) is 14.6. The second kappa shape index (κ2) is 6.54. The van der Waals surface area contributed by atoms with Gasteiger partial charge in [-0.2, -0.15) is 0 Å². The molecule has 1 fully saturated rings. The van der Waals surface area contributed by atoms with E-state index < -0.39 is 17.9 Å². The van der Waals surface area contributed by atoms with Crippen molar-refractivity contribution in [1.82, 2.24) is 0 Å².